The van der Waals surface area contributed by atoms with Crippen molar-refractivity contribution in [1.82, 2.24) is 0 Å². The van der Waals surface area contributed by atoms with Crippen LogP contribution in [0.2, 0.25) is 0 Å². The highest BCUT2D eigenvalue weighted by Gasteiger charge is 2.09. The molecular formula is C10H10ClFN2O2. The van der Waals surface area contributed by atoms with E-state index in [1.807, 2.05) is 0 Å². The van der Waals surface area contributed by atoms with E-state index in [9.17, 15) is 9.18 Å². The molecule has 0 aliphatic carbocycles. The molecule has 0 atom stereocenters. The van der Waals surface area contributed by atoms with E-state index in [0.29, 0.717) is 0 Å². The lowest BCUT2D eigenvalue weighted by atomic mass is 10.3. The van der Waals surface area contributed by atoms with Crippen LogP contribution in [0.5, 0.6) is 0 Å². The number of halogens is 2. The van der Waals surface area contributed by atoms with Gasteiger partial charge in [-0.15, -0.1) is 0 Å². The summed E-state index contributed by atoms with van der Waals surface area (Å²) in [4.78, 5) is 11.0. The Bertz CT molecular complexity index is 410. The number of hydrazone groups is 1. The third kappa shape index (κ3) is 3.51. The molecule has 0 amide bonds. The molecule has 1 rings (SSSR count). The maximum Gasteiger partial charge on any atom is 0.370 e. The van der Waals surface area contributed by atoms with Crippen molar-refractivity contribution < 1.29 is 13.9 Å². The number of carbonyl (C=O) groups excluding carboxylic acids is 1. The van der Waals surface area contributed by atoms with Crippen molar-refractivity contribution >= 4 is 28.4 Å². The van der Waals surface area contributed by atoms with Crippen molar-refractivity contribution in [2.24, 2.45) is 5.10 Å². The summed E-state index contributed by atoms with van der Waals surface area (Å²) in [5, 5.41) is 3.11. The molecule has 1 N–H and O–H groups in total. The van der Waals surface area contributed by atoms with Crippen LogP contribution >= 0.6 is 11.6 Å². The third-order valence-corrected chi connectivity index (χ3v) is 1.83. The summed E-state index contributed by atoms with van der Waals surface area (Å²) in [5.41, 5.74) is 2.46. The van der Waals surface area contributed by atoms with Gasteiger partial charge < -0.3 is 4.74 Å². The normalized spacial score (nSPS) is 11.1. The largest absolute Gasteiger partial charge is 0.461 e. The van der Waals surface area contributed by atoms with Crippen LogP contribution in [0.1, 0.15) is 6.92 Å². The maximum atomic E-state index is 13.1. The van der Waals surface area contributed by atoms with E-state index < -0.39 is 11.8 Å². The molecule has 0 spiro atoms. The molecular weight excluding hydrogens is 235 g/mol. The number of nitrogens with zero attached hydrogens (tertiary/aromatic N) is 1. The van der Waals surface area contributed by atoms with Crippen LogP contribution in [0.3, 0.4) is 0 Å². The average Bonchev–Trinajstić information content (AvgIpc) is 2.28. The lowest BCUT2D eigenvalue weighted by Gasteiger charge is -2.02. The first kappa shape index (κ1) is 12.4. The zero-order valence-electron chi connectivity index (χ0n) is 8.54. The highest BCUT2D eigenvalue weighted by molar-refractivity contribution is 6.82. The van der Waals surface area contributed by atoms with E-state index in [1.165, 1.54) is 18.2 Å². The Morgan fingerprint density at radius 2 is 2.25 bits per heavy atom. The SMILES string of the molecule is CCOC(=O)C(Cl)=NNc1ccccc1F. The molecule has 0 radical (unpaired) electrons. The predicted octanol–water partition coefficient (Wildman–Crippen LogP) is 2.35. The minimum atomic E-state index is -0.756. The lowest BCUT2D eigenvalue weighted by molar-refractivity contribution is -0.134. The van der Waals surface area contributed by atoms with Crippen molar-refractivity contribution in [2.75, 3.05) is 12.0 Å². The number of anilines is 1. The van der Waals surface area contributed by atoms with Crippen LogP contribution in [0.25, 0.3) is 0 Å². The fourth-order valence-electron chi connectivity index (χ4n) is 0.897. The van der Waals surface area contributed by atoms with Gasteiger partial charge in [-0.25, -0.2) is 9.18 Å². The fourth-order valence-corrected chi connectivity index (χ4v) is 0.994. The second-order valence-corrected chi connectivity index (χ2v) is 3.07. The molecule has 1 aromatic rings. The quantitative estimate of drug-likeness (QED) is 0.503. The second kappa shape index (κ2) is 6.07. The molecule has 16 heavy (non-hydrogen) atoms. The van der Waals surface area contributed by atoms with Crippen molar-refractivity contribution in [3.05, 3.63) is 30.1 Å². The van der Waals surface area contributed by atoms with Crippen LogP contribution < -0.4 is 5.43 Å². The molecule has 0 aromatic heterocycles. The van der Waals surface area contributed by atoms with Gasteiger partial charge in [0.25, 0.3) is 0 Å². The van der Waals surface area contributed by atoms with Crippen LogP contribution in [0, 0.1) is 5.82 Å². The summed E-state index contributed by atoms with van der Waals surface area (Å²) in [6.45, 7) is 1.84. The number of hydrogen-bond donors (Lipinski definition) is 1. The number of hydrogen-bond acceptors (Lipinski definition) is 4. The standard InChI is InChI=1S/C10H10ClFN2O2/c1-2-16-10(15)9(11)14-13-8-6-4-3-5-7(8)12/h3-6,13H,2H2,1H3. The highest BCUT2D eigenvalue weighted by atomic mass is 35.5. The number of nitrogens with one attached hydrogen (secondary N) is 1. The highest BCUT2D eigenvalue weighted by Crippen LogP contribution is 2.12. The summed E-state index contributed by atoms with van der Waals surface area (Å²) < 4.78 is 17.7. The lowest BCUT2D eigenvalue weighted by Crippen LogP contribution is -2.13. The number of ether oxygens (including phenoxy) is 1. The third-order valence-electron chi connectivity index (χ3n) is 1.59. The zero-order valence-corrected chi connectivity index (χ0v) is 9.29. The second-order valence-electron chi connectivity index (χ2n) is 2.71. The monoisotopic (exact) mass is 244 g/mol. The van der Waals surface area contributed by atoms with E-state index in [0.717, 1.165) is 0 Å². The number of esters is 1. The summed E-state index contributed by atoms with van der Waals surface area (Å²) in [6.07, 6.45) is 0. The van der Waals surface area contributed by atoms with Gasteiger partial charge >= 0.3 is 5.97 Å². The molecule has 0 aliphatic heterocycles. The summed E-state index contributed by atoms with van der Waals surface area (Å²) >= 11 is 5.50. The molecule has 0 fully saturated rings. The molecule has 0 unspecified atom stereocenters. The van der Waals surface area contributed by atoms with Gasteiger partial charge in [-0.1, -0.05) is 23.7 Å². The van der Waals surface area contributed by atoms with Gasteiger partial charge in [-0.05, 0) is 19.1 Å². The van der Waals surface area contributed by atoms with Gasteiger partial charge in [0.1, 0.15) is 5.82 Å². The molecule has 0 aliphatic rings. The smallest absolute Gasteiger partial charge is 0.370 e. The number of para-hydroxylation sites is 1. The van der Waals surface area contributed by atoms with Gasteiger partial charge in [-0.2, -0.15) is 5.10 Å². The Labute approximate surface area is 97.1 Å². The first-order chi connectivity index (χ1) is 7.65. The topological polar surface area (TPSA) is 50.7 Å². The predicted molar refractivity (Wildman–Crippen MR) is 59.9 cm³/mol. The molecule has 1 aromatic carbocycles. The summed E-state index contributed by atoms with van der Waals surface area (Å²) in [5.74, 6) is -1.24. The Balaban J connectivity index is 2.66. The van der Waals surface area contributed by atoms with Crippen molar-refractivity contribution in [3.63, 3.8) is 0 Å². The average molecular weight is 245 g/mol. The minimum absolute atomic E-state index is 0.130. The fraction of sp³-hybridized carbons (Fsp3) is 0.200. The molecule has 4 nitrogen and oxygen atoms in total. The molecule has 0 bridgehead atoms. The van der Waals surface area contributed by atoms with Gasteiger partial charge in [-0.3, -0.25) is 5.43 Å². The Morgan fingerprint density at radius 1 is 1.56 bits per heavy atom. The molecule has 86 valence electrons. The van der Waals surface area contributed by atoms with Gasteiger partial charge in [0.05, 0.1) is 12.3 Å². The Morgan fingerprint density at radius 3 is 2.88 bits per heavy atom. The Hall–Kier alpha value is -1.62. The minimum Gasteiger partial charge on any atom is -0.461 e. The Kier molecular flexibility index (Phi) is 4.72. The van der Waals surface area contributed by atoms with E-state index in [2.05, 4.69) is 15.3 Å². The van der Waals surface area contributed by atoms with Crippen LogP contribution in [-0.4, -0.2) is 17.7 Å². The van der Waals surface area contributed by atoms with Crippen molar-refractivity contribution in [3.8, 4) is 0 Å². The first-order valence-electron chi connectivity index (χ1n) is 4.56. The number of benzene rings is 1. The summed E-state index contributed by atoms with van der Waals surface area (Å²) in [7, 11) is 0. The number of rotatable bonds is 4. The van der Waals surface area contributed by atoms with E-state index in [-0.39, 0.29) is 17.5 Å². The molecule has 6 heteroatoms. The first-order valence-corrected chi connectivity index (χ1v) is 4.93. The van der Waals surface area contributed by atoms with E-state index in [1.54, 1.807) is 13.0 Å². The van der Waals surface area contributed by atoms with Crippen molar-refractivity contribution in [2.45, 2.75) is 6.92 Å². The van der Waals surface area contributed by atoms with E-state index >= 15 is 0 Å². The zero-order chi connectivity index (χ0) is 12.0. The van der Waals surface area contributed by atoms with Gasteiger partial charge in [0, 0.05) is 0 Å². The summed E-state index contributed by atoms with van der Waals surface area (Å²) in [6, 6.07) is 5.89. The van der Waals surface area contributed by atoms with Crippen LogP contribution in [-0.2, 0) is 9.53 Å². The molecule has 0 heterocycles. The molecule has 0 saturated heterocycles. The molecule has 0 saturated carbocycles. The van der Waals surface area contributed by atoms with Gasteiger partial charge in [0.15, 0.2) is 0 Å². The number of carbonyl (C=O) groups is 1. The van der Waals surface area contributed by atoms with Gasteiger partial charge in [0.2, 0.25) is 5.17 Å². The van der Waals surface area contributed by atoms with Crippen molar-refractivity contribution in [1.29, 1.82) is 0 Å². The van der Waals surface area contributed by atoms with Crippen LogP contribution in [0.4, 0.5) is 10.1 Å². The maximum absolute atomic E-state index is 13.1. The van der Waals surface area contributed by atoms with Crippen LogP contribution in [0.15, 0.2) is 29.4 Å². The van der Waals surface area contributed by atoms with E-state index in [4.69, 9.17) is 11.6 Å².